The number of hydrogen-bond donors (Lipinski definition) is 3. The van der Waals surface area contributed by atoms with Gasteiger partial charge in [-0.3, -0.25) is 0 Å². The fourth-order valence-corrected chi connectivity index (χ4v) is 2.34. The molecule has 2 aromatic rings. The summed E-state index contributed by atoms with van der Waals surface area (Å²) < 4.78 is 5.79. The number of rotatable bonds is 1. The highest BCUT2D eigenvalue weighted by molar-refractivity contribution is 5.51. The van der Waals surface area contributed by atoms with Crippen LogP contribution in [-0.4, -0.2) is 15.3 Å². The van der Waals surface area contributed by atoms with E-state index >= 15 is 0 Å². The summed E-state index contributed by atoms with van der Waals surface area (Å²) in [6.07, 6.45) is -0.561. The number of fused-ring (bicyclic) bond motifs is 1. The lowest BCUT2D eigenvalue weighted by Gasteiger charge is -2.30. The zero-order valence-corrected chi connectivity index (χ0v) is 10.2. The van der Waals surface area contributed by atoms with Gasteiger partial charge in [-0.1, -0.05) is 30.3 Å². The Morgan fingerprint density at radius 2 is 1.68 bits per heavy atom. The van der Waals surface area contributed by atoms with Crippen molar-refractivity contribution in [3.8, 4) is 17.2 Å². The fourth-order valence-electron chi connectivity index (χ4n) is 2.34. The maximum absolute atomic E-state index is 10.1. The standard InChI is InChI=1S/C15H14O4/c16-11-7-14(9-4-2-1-3-5-9)19-15-8-13(18)12(17)6-10(11)15/h1-6,8,11,14,16-18H,7H2. The molecule has 98 valence electrons. The summed E-state index contributed by atoms with van der Waals surface area (Å²) in [5.41, 5.74) is 1.47. The molecule has 0 aliphatic carbocycles. The van der Waals surface area contributed by atoms with Crippen molar-refractivity contribution in [3.05, 3.63) is 53.6 Å². The van der Waals surface area contributed by atoms with E-state index < -0.39 is 6.10 Å². The van der Waals surface area contributed by atoms with Gasteiger partial charge in [-0.05, 0) is 11.6 Å². The average Bonchev–Trinajstić information content (AvgIpc) is 2.42. The predicted molar refractivity (Wildman–Crippen MR) is 69.2 cm³/mol. The number of ether oxygens (including phenoxy) is 1. The maximum atomic E-state index is 10.1. The summed E-state index contributed by atoms with van der Waals surface area (Å²) in [6, 6.07) is 12.3. The van der Waals surface area contributed by atoms with Crippen LogP contribution in [0.3, 0.4) is 0 Å². The van der Waals surface area contributed by atoms with Crippen molar-refractivity contribution < 1.29 is 20.1 Å². The predicted octanol–water partition coefficient (Wildman–Crippen LogP) is 2.66. The Balaban J connectivity index is 1.98. The second kappa shape index (κ2) is 4.48. The van der Waals surface area contributed by atoms with Gasteiger partial charge in [0.25, 0.3) is 0 Å². The van der Waals surface area contributed by atoms with E-state index in [4.69, 9.17) is 4.74 Å². The maximum Gasteiger partial charge on any atom is 0.161 e. The molecule has 3 N–H and O–H groups in total. The van der Waals surface area contributed by atoms with Gasteiger partial charge in [0.15, 0.2) is 11.5 Å². The first-order chi connectivity index (χ1) is 9.15. The van der Waals surface area contributed by atoms with Crippen LogP contribution in [0.15, 0.2) is 42.5 Å². The van der Waals surface area contributed by atoms with Gasteiger partial charge in [0.1, 0.15) is 11.9 Å². The lowest BCUT2D eigenvalue weighted by molar-refractivity contribution is 0.0651. The molecule has 0 aromatic heterocycles. The van der Waals surface area contributed by atoms with Crippen LogP contribution in [0, 0.1) is 0 Å². The molecule has 19 heavy (non-hydrogen) atoms. The van der Waals surface area contributed by atoms with E-state index in [9.17, 15) is 15.3 Å². The summed E-state index contributed by atoms with van der Waals surface area (Å²) in [7, 11) is 0. The Kier molecular flexibility index (Phi) is 2.80. The van der Waals surface area contributed by atoms with Crippen molar-refractivity contribution >= 4 is 0 Å². The molecule has 0 bridgehead atoms. The summed E-state index contributed by atoms with van der Waals surface area (Å²) in [5, 5.41) is 29.1. The monoisotopic (exact) mass is 258 g/mol. The lowest BCUT2D eigenvalue weighted by atomic mass is 9.95. The molecule has 2 unspecified atom stereocenters. The van der Waals surface area contributed by atoms with Crippen molar-refractivity contribution in [1.82, 2.24) is 0 Å². The number of aliphatic hydroxyl groups excluding tert-OH is 1. The van der Waals surface area contributed by atoms with Gasteiger partial charge in [0.2, 0.25) is 0 Å². The van der Waals surface area contributed by atoms with Gasteiger partial charge in [0, 0.05) is 18.1 Å². The summed E-state index contributed by atoms with van der Waals surface area (Å²) in [6.45, 7) is 0. The van der Waals surface area contributed by atoms with Crippen LogP contribution in [-0.2, 0) is 0 Å². The molecule has 0 spiro atoms. The highest BCUT2D eigenvalue weighted by atomic mass is 16.5. The Morgan fingerprint density at radius 1 is 1.00 bits per heavy atom. The summed E-state index contributed by atoms with van der Waals surface area (Å²) in [4.78, 5) is 0. The van der Waals surface area contributed by atoms with E-state index in [-0.39, 0.29) is 17.6 Å². The second-order valence-corrected chi connectivity index (χ2v) is 4.65. The smallest absolute Gasteiger partial charge is 0.161 e. The average molecular weight is 258 g/mol. The van der Waals surface area contributed by atoms with Crippen molar-refractivity contribution in [2.75, 3.05) is 0 Å². The van der Waals surface area contributed by atoms with E-state index in [0.717, 1.165) is 5.56 Å². The van der Waals surface area contributed by atoms with Crippen LogP contribution in [0.2, 0.25) is 0 Å². The number of benzene rings is 2. The van der Waals surface area contributed by atoms with E-state index in [0.29, 0.717) is 17.7 Å². The third kappa shape index (κ3) is 2.11. The number of phenols is 2. The van der Waals surface area contributed by atoms with E-state index in [1.165, 1.54) is 12.1 Å². The molecule has 1 aliphatic rings. The van der Waals surface area contributed by atoms with Crippen LogP contribution in [0.25, 0.3) is 0 Å². The topological polar surface area (TPSA) is 69.9 Å². The minimum atomic E-state index is -0.722. The first kappa shape index (κ1) is 11.9. The Hall–Kier alpha value is -2.20. The minimum Gasteiger partial charge on any atom is -0.504 e. The molecule has 4 heteroatoms. The second-order valence-electron chi connectivity index (χ2n) is 4.65. The molecule has 0 radical (unpaired) electrons. The molecular formula is C15H14O4. The number of hydrogen-bond acceptors (Lipinski definition) is 4. The van der Waals surface area contributed by atoms with Crippen molar-refractivity contribution in [1.29, 1.82) is 0 Å². The van der Waals surface area contributed by atoms with E-state index in [1.54, 1.807) is 0 Å². The van der Waals surface area contributed by atoms with Gasteiger partial charge in [-0.15, -0.1) is 0 Å². The zero-order valence-electron chi connectivity index (χ0n) is 10.2. The Labute approximate surface area is 110 Å². The van der Waals surface area contributed by atoms with Crippen LogP contribution in [0.1, 0.15) is 29.8 Å². The van der Waals surface area contributed by atoms with Crippen molar-refractivity contribution in [2.45, 2.75) is 18.6 Å². The van der Waals surface area contributed by atoms with Gasteiger partial charge >= 0.3 is 0 Å². The molecule has 2 aromatic carbocycles. The molecule has 4 nitrogen and oxygen atoms in total. The van der Waals surface area contributed by atoms with Gasteiger partial charge in [-0.2, -0.15) is 0 Å². The summed E-state index contributed by atoms with van der Waals surface area (Å²) >= 11 is 0. The fraction of sp³-hybridized carbons (Fsp3) is 0.200. The highest BCUT2D eigenvalue weighted by Crippen LogP contribution is 2.44. The van der Waals surface area contributed by atoms with Crippen molar-refractivity contribution in [2.24, 2.45) is 0 Å². The molecule has 0 saturated carbocycles. The lowest BCUT2D eigenvalue weighted by Crippen LogP contribution is -2.18. The molecule has 1 aliphatic heterocycles. The molecule has 0 amide bonds. The van der Waals surface area contributed by atoms with Gasteiger partial charge in [-0.25, -0.2) is 0 Å². The number of phenolic OH excluding ortho intramolecular Hbond substituents is 2. The van der Waals surface area contributed by atoms with Gasteiger partial charge < -0.3 is 20.1 Å². The highest BCUT2D eigenvalue weighted by Gasteiger charge is 2.29. The zero-order chi connectivity index (χ0) is 13.4. The largest absolute Gasteiger partial charge is 0.504 e. The molecule has 1 heterocycles. The molecule has 0 saturated heterocycles. The van der Waals surface area contributed by atoms with E-state index in [1.807, 2.05) is 30.3 Å². The normalized spacial score (nSPS) is 21.5. The van der Waals surface area contributed by atoms with Crippen molar-refractivity contribution in [3.63, 3.8) is 0 Å². The summed E-state index contributed by atoms with van der Waals surface area (Å²) in [5.74, 6) is -0.0953. The third-order valence-corrected chi connectivity index (χ3v) is 3.34. The van der Waals surface area contributed by atoms with E-state index in [2.05, 4.69) is 0 Å². The molecular weight excluding hydrogens is 244 g/mol. The third-order valence-electron chi connectivity index (χ3n) is 3.34. The van der Waals surface area contributed by atoms with Crippen LogP contribution in [0.5, 0.6) is 17.2 Å². The minimum absolute atomic E-state index is 0.250. The first-order valence-electron chi connectivity index (χ1n) is 6.10. The van der Waals surface area contributed by atoms with Crippen LogP contribution < -0.4 is 4.74 Å². The molecule has 2 atom stereocenters. The SMILES string of the molecule is Oc1cc2c(cc1O)C(O)CC(c1ccccc1)O2. The quantitative estimate of drug-likeness (QED) is 0.688. The Morgan fingerprint density at radius 3 is 2.42 bits per heavy atom. The molecule has 0 fully saturated rings. The van der Waals surface area contributed by atoms with Crippen LogP contribution in [0.4, 0.5) is 0 Å². The number of aromatic hydroxyl groups is 2. The van der Waals surface area contributed by atoms with Crippen LogP contribution >= 0.6 is 0 Å². The first-order valence-corrected chi connectivity index (χ1v) is 6.10. The number of aliphatic hydroxyl groups is 1. The Bertz CT molecular complexity index is 595. The van der Waals surface area contributed by atoms with Gasteiger partial charge in [0.05, 0.1) is 6.10 Å². The molecule has 3 rings (SSSR count).